The van der Waals surface area contributed by atoms with Crippen molar-refractivity contribution in [1.82, 2.24) is 5.32 Å². The Balaban J connectivity index is 1.52. The van der Waals surface area contributed by atoms with Crippen LogP contribution in [0, 0.1) is 11.6 Å². The normalized spacial score (nSPS) is 19.0. The second-order valence-corrected chi connectivity index (χ2v) is 10.4. The Kier molecular flexibility index (Phi) is 6.14. The van der Waals surface area contributed by atoms with Gasteiger partial charge in [-0.2, -0.15) is 13.2 Å². The first-order chi connectivity index (χ1) is 19.2. The Morgan fingerprint density at radius 1 is 1.05 bits per heavy atom. The third-order valence-electron chi connectivity index (χ3n) is 7.27. The summed E-state index contributed by atoms with van der Waals surface area (Å²) >= 11 is 6.35. The lowest BCUT2D eigenvalue weighted by Crippen LogP contribution is -2.56. The first-order valence-corrected chi connectivity index (χ1v) is 12.6. The minimum Gasteiger partial charge on any atom is -0.359 e. The number of urea groups is 1. The van der Waals surface area contributed by atoms with Gasteiger partial charge in [0.2, 0.25) is 0 Å². The third-order valence-corrected chi connectivity index (χ3v) is 7.61. The van der Waals surface area contributed by atoms with Crippen LogP contribution in [0.3, 0.4) is 0 Å². The van der Waals surface area contributed by atoms with Crippen LogP contribution in [0.15, 0.2) is 42.5 Å². The number of carbonyl (C=O) groups is 2. The first-order valence-electron chi connectivity index (χ1n) is 12.3. The van der Waals surface area contributed by atoms with Crippen molar-refractivity contribution in [2.75, 3.05) is 34.8 Å². The fraction of sp³-hybridized carbons (Fsp3) is 0.259. The minimum atomic E-state index is -4.93. The number of alkyl halides is 5. The average Bonchev–Trinajstić information content (AvgIpc) is 3.32. The maximum Gasteiger partial charge on any atom is 0.416 e. The molecule has 3 heterocycles. The van der Waals surface area contributed by atoms with E-state index in [0.717, 1.165) is 12.1 Å². The summed E-state index contributed by atoms with van der Waals surface area (Å²) in [5.74, 6) is -6.07. The number of halogens is 8. The molecule has 1 fully saturated rings. The lowest BCUT2D eigenvalue weighted by molar-refractivity contribution is -0.137. The number of amides is 3. The molecule has 1 saturated heterocycles. The number of rotatable bonds is 4. The summed E-state index contributed by atoms with van der Waals surface area (Å²) in [6, 6.07) is 4.47. The van der Waals surface area contributed by atoms with Crippen LogP contribution in [0.25, 0.3) is 0 Å². The molecule has 214 valence electrons. The molecule has 1 atom stereocenters. The summed E-state index contributed by atoms with van der Waals surface area (Å²) in [6.45, 7) is -1.09. The van der Waals surface area contributed by atoms with Crippen LogP contribution in [-0.2, 0) is 12.6 Å². The van der Waals surface area contributed by atoms with Crippen LogP contribution >= 0.6 is 11.6 Å². The Bertz CT molecular complexity index is 1620. The van der Waals surface area contributed by atoms with E-state index in [-0.39, 0.29) is 46.6 Å². The van der Waals surface area contributed by atoms with E-state index < -0.39 is 65.9 Å². The summed E-state index contributed by atoms with van der Waals surface area (Å²) in [6.07, 6.45) is -4.65. The standard InChI is InChI=1S/C27H18ClF7N4O2/c28-18-2-1-14(29)8-17(18)22-21-19(36-24(40)12-5-13(27(33,34)35)7-15(30)6-12)9-20(38-10-26(31,32)11-38)16-3-4-39(23(16)21)25(41)37-22/h1-2,5-9,22H,3-4,10-11H2,(H,36,40)(H,37,41). The van der Waals surface area contributed by atoms with Crippen LogP contribution in [0.5, 0.6) is 0 Å². The van der Waals surface area contributed by atoms with Crippen LogP contribution in [0.1, 0.15) is 38.7 Å². The molecule has 14 heteroatoms. The number of hydrogen-bond donors (Lipinski definition) is 2. The lowest BCUT2D eigenvalue weighted by atomic mass is 9.90. The summed E-state index contributed by atoms with van der Waals surface area (Å²) in [5.41, 5.74) is -0.638. The maximum absolute atomic E-state index is 14.3. The molecule has 0 bridgehead atoms. The highest BCUT2D eigenvalue weighted by Crippen LogP contribution is 2.51. The van der Waals surface area contributed by atoms with Gasteiger partial charge in [-0.3, -0.25) is 9.69 Å². The van der Waals surface area contributed by atoms with Gasteiger partial charge in [0.15, 0.2) is 0 Å². The van der Waals surface area contributed by atoms with Crippen LogP contribution < -0.4 is 20.4 Å². The molecular weight excluding hydrogens is 581 g/mol. The number of hydrogen-bond acceptors (Lipinski definition) is 3. The Morgan fingerprint density at radius 2 is 1.78 bits per heavy atom. The molecule has 3 aromatic carbocycles. The third kappa shape index (κ3) is 4.71. The van der Waals surface area contributed by atoms with E-state index in [1.807, 2.05) is 0 Å². The van der Waals surface area contributed by atoms with Crippen molar-refractivity contribution in [2.45, 2.75) is 24.6 Å². The second-order valence-electron chi connectivity index (χ2n) is 10.0. The van der Waals surface area contributed by atoms with E-state index in [9.17, 15) is 40.3 Å². The average molecular weight is 599 g/mol. The number of anilines is 3. The molecule has 41 heavy (non-hydrogen) atoms. The highest BCUT2D eigenvalue weighted by atomic mass is 35.5. The monoisotopic (exact) mass is 598 g/mol. The van der Waals surface area contributed by atoms with Crippen molar-refractivity contribution in [1.29, 1.82) is 0 Å². The molecule has 6 nitrogen and oxygen atoms in total. The number of nitrogens with zero attached hydrogens (tertiary/aromatic N) is 2. The molecule has 0 radical (unpaired) electrons. The molecule has 3 amide bonds. The Morgan fingerprint density at radius 3 is 2.46 bits per heavy atom. The smallest absolute Gasteiger partial charge is 0.359 e. The second kappa shape index (κ2) is 9.26. The van der Waals surface area contributed by atoms with Crippen molar-refractivity contribution in [3.05, 3.63) is 86.9 Å². The quantitative estimate of drug-likeness (QED) is 0.336. The lowest BCUT2D eigenvalue weighted by Gasteiger charge is -2.42. The Hall–Kier alpha value is -4.00. The van der Waals surface area contributed by atoms with E-state index in [2.05, 4.69) is 10.6 Å². The van der Waals surface area contributed by atoms with Gasteiger partial charge in [0.1, 0.15) is 11.6 Å². The predicted molar refractivity (Wildman–Crippen MR) is 136 cm³/mol. The van der Waals surface area contributed by atoms with Gasteiger partial charge in [-0.1, -0.05) is 11.6 Å². The summed E-state index contributed by atoms with van der Waals surface area (Å²) in [4.78, 5) is 29.0. The fourth-order valence-electron chi connectivity index (χ4n) is 5.49. The zero-order chi connectivity index (χ0) is 29.4. The fourth-order valence-corrected chi connectivity index (χ4v) is 5.71. The SMILES string of the molecule is O=C(Nc1cc(N2CC(F)(F)C2)c2c3c1C(c1cc(F)ccc1Cl)NC(=O)N3CC2)c1cc(F)cc(C(F)(F)F)c1. The maximum atomic E-state index is 14.3. The molecule has 0 saturated carbocycles. The zero-order valence-corrected chi connectivity index (χ0v) is 21.4. The topological polar surface area (TPSA) is 64.7 Å². The van der Waals surface area contributed by atoms with Crippen molar-refractivity contribution >= 4 is 40.6 Å². The molecular formula is C27H18ClF7N4O2. The highest BCUT2D eigenvalue weighted by Gasteiger charge is 2.47. The van der Waals surface area contributed by atoms with Crippen molar-refractivity contribution in [2.24, 2.45) is 0 Å². The van der Waals surface area contributed by atoms with Gasteiger partial charge in [0, 0.05) is 39.5 Å². The number of nitrogens with one attached hydrogen (secondary N) is 2. The van der Waals surface area contributed by atoms with Gasteiger partial charge in [0.25, 0.3) is 11.8 Å². The van der Waals surface area contributed by atoms with E-state index >= 15 is 0 Å². The molecule has 0 aliphatic carbocycles. The van der Waals surface area contributed by atoms with E-state index in [4.69, 9.17) is 11.6 Å². The Labute approximate surface area is 232 Å². The van der Waals surface area contributed by atoms with Gasteiger partial charge in [0.05, 0.1) is 36.1 Å². The van der Waals surface area contributed by atoms with Crippen molar-refractivity contribution < 1.29 is 40.3 Å². The summed E-state index contributed by atoms with van der Waals surface area (Å²) < 4.78 is 95.9. The molecule has 0 aromatic heterocycles. The van der Waals surface area contributed by atoms with Gasteiger partial charge >= 0.3 is 12.2 Å². The van der Waals surface area contributed by atoms with E-state index in [1.165, 1.54) is 21.9 Å². The molecule has 3 aromatic rings. The van der Waals surface area contributed by atoms with Gasteiger partial charge in [-0.05, 0) is 48.9 Å². The zero-order valence-electron chi connectivity index (χ0n) is 20.7. The van der Waals surface area contributed by atoms with E-state index in [0.29, 0.717) is 23.4 Å². The van der Waals surface area contributed by atoms with Crippen LogP contribution in [0.4, 0.5) is 52.6 Å². The summed E-state index contributed by atoms with van der Waals surface area (Å²) in [5, 5.41) is 5.26. The molecule has 2 N–H and O–H groups in total. The molecule has 3 aliphatic heterocycles. The molecule has 3 aliphatic rings. The number of benzene rings is 3. The minimum absolute atomic E-state index is 0.0611. The van der Waals surface area contributed by atoms with Crippen molar-refractivity contribution in [3.63, 3.8) is 0 Å². The van der Waals surface area contributed by atoms with E-state index in [1.54, 1.807) is 0 Å². The first kappa shape index (κ1) is 27.2. The highest BCUT2D eigenvalue weighted by molar-refractivity contribution is 6.31. The molecule has 6 rings (SSSR count). The van der Waals surface area contributed by atoms with Gasteiger partial charge in [-0.15, -0.1) is 0 Å². The van der Waals surface area contributed by atoms with Crippen molar-refractivity contribution in [3.8, 4) is 0 Å². The molecule has 1 unspecified atom stereocenters. The largest absolute Gasteiger partial charge is 0.416 e. The van der Waals surface area contributed by atoms with Crippen LogP contribution in [-0.4, -0.2) is 37.5 Å². The van der Waals surface area contributed by atoms with Crippen LogP contribution in [0.2, 0.25) is 5.02 Å². The molecule has 0 spiro atoms. The number of carbonyl (C=O) groups excluding carboxylic acids is 2. The van der Waals surface area contributed by atoms with Gasteiger partial charge in [-0.25, -0.2) is 22.4 Å². The predicted octanol–water partition coefficient (Wildman–Crippen LogP) is 6.52. The summed E-state index contributed by atoms with van der Waals surface area (Å²) in [7, 11) is 0. The van der Waals surface area contributed by atoms with Gasteiger partial charge < -0.3 is 15.5 Å².